The van der Waals surface area contributed by atoms with E-state index in [0.29, 0.717) is 22.5 Å². The first-order valence-corrected chi connectivity index (χ1v) is 12.4. The summed E-state index contributed by atoms with van der Waals surface area (Å²) in [6.45, 7) is 2.36. The number of rotatable bonds is 4. The molecule has 0 bridgehead atoms. The van der Waals surface area contributed by atoms with E-state index in [1.807, 2.05) is 36.1 Å². The van der Waals surface area contributed by atoms with Crippen LogP contribution in [0.3, 0.4) is 0 Å². The lowest BCUT2D eigenvalue weighted by molar-refractivity contribution is -0.0221. The zero-order valence-corrected chi connectivity index (χ0v) is 20.4. The third kappa shape index (κ3) is 4.98. The van der Waals surface area contributed by atoms with Crippen LogP contribution < -0.4 is 10.2 Å². The van der Waals surface area contributed by atoms with E-state index in [-0.39, 0.29) is 31.8 Å². The van der Waals surface area contributed by atoms with Gasteiger partial charge in [-0.15, -0.1) is 0 Å². The summed E-state index contributed by atoms with van der Waals surface area (Å²) in [4.78, 5) is 19.7. The van der Waals surface area contributed by atoms with Crippen molar-refractivity contribution >= 4 is 38.9 Å². The van der Waals surface area contributed by atoms with Crippen molar-refractivity contribution in [2.45, 2.75) is 57.8 Å². The van der Waals surface area contributed by atoms with E-state index in [1.165, 1.54) is 24.8 Å². The number of pyridine rings is 1. The third-order valence-corrected chi connectivity index (χ3v) is 7.75. The maximum absolute atomic E-state index is 13.6. The number of halogens is 3. The Morgan fingerprint density at radius 3 is 2.52 bits per heavy atom. The second-order valence-electron chi connectivity index (χ2n) is 9.78. The average Bonchev–Trinajstić information content (AvgIpc) is 3.52. The predicted octanol–water partition coefficient (Wildman–Crippen LogP) is 6.99. The van der Waals surface area contributed by atoms with Crippen molar-refractivity contribution in [2.24, 2.45) is 5.41 Å². The van der Waals surface area contributed by atoms with Gasteiger partial charge < -0.3 is 10.2 Å². The number of alkyl halides is 2. The summed E-state index contributed by atoms with van der Waals surface area (Å²) < 4.78 is 28.1. The molecule has 2 fully saturated rings. The molecule has 1 saturated carbocycles. The number of piperidine rings is 1. The van der Waals surface area contributed by atoms with Gasteiger partial charge in [0.2, 0.25) is 0 Å². The highest BCUT2D eigenvalue weighted by atomic mass is 79.9. The second kappa shape index (κ2) is 8.49. The molecule has 1 aromatic carbocycles. The lowest BCUT2D eigenvalue weighted by Crippen LogP contribution is -2.39. The number of hydrogen-bond acceptors (Lipinski definition) is 3. The van der Waals surface area contributed by atoms with Gasteiger partial charge in [-0.2, -0.15) is 0 Å². The molecule has 33 heavy (non-hydrogen) atoms. The van der Waals surface area contributed by atoms with E-state index < -0.39 is 5.92 Å². The summed E-state index contributed by atoms with van der Waals surface area (Å²) in [6.07, 6.45) is 7.88. The topological polar surface area (TPSA) is 45.2 Å². The van der Waals surface area contributed by atoms with Gasteiger partial charge in [-0.1, -0.05) is 22.0 Å². The van der Waals surface area contributed by atoms with Gasteiger partial charge in [-0.25, -0.2) is 13.8 Å². The van der Waals surface area contributed by atoms with E-state index >= 15 is 0 Å². The summed E-state index contributed by atoms with van der Waals surface area (Å²) in [7, 11) is 0. The molecule has 0 atom stereocenters. The van der Waals surface area contributed by atoms with E-state index in [9.17, 15) is 13.6 Å². The number of aryl methyl sites for hydroxylation is 1. The maximum atomic E-state index is 13.6. The van der Waals surface area contributed by atoms with Crippen LogP contribution in [-0.2, 0) is 0 Å². The highest BCUT2D eigenvalue weighted by Gasteiger charge is 2.43. The molecular weight excluding hydrogens is 488 g/mol. The zero-order chi connectivity index (χ0) is 23.2. The van der Waals surface area contributed by atoms with E-state index in [0.717, 1.165) is 28.6 Å². The van der Waals surface area contributed by atoms with Crippen molar-refractivity contribution in [1.82, 2.24) is 4.98 Å². The predicted molar refractivity (Wildman–Crippen MR) is 131 cm³/mol. The largest absolute Gasteiger partial charge is 0.356 e. The standard InChI is InChI=1S/C26H28BrF2N3O/c1-17-14-20(16-23(30-17)32-12-10-26(28,29)11-13-32)31-24(33)21-3-2-19(27)15-22(21)18-4-6-25(7-5-18)8-9-25/h2-4,14-16H,5-13H2,1H3,(H,30,31,33). The summed E-state index contributed by atoms with van der Waals surface area (Å²) >= 11 is 3.56. The van der Waals surface area contributed by atoms with E-state index in [4.69, 9.17) is 0 Å². The van der Waals surface area contributed by atoms with Gasteiger partial charge >= 0.3 is 0 Å². The Kier molecular flexibility index (Phi) is 5.79. The molecule has 1 aromatic heterocycles. The fraction of sp³-hybridized carbons (Fsp3) is 0.462. The summed E-state index contributed by atoms with van der Waals surface area (Å²) in [5, 5.41) is 3.03. The molecule has 0 radical (unpaired) electrons. The molecule has 7 heteroatoms. The first-order valence-electron chi connectivity index (χ1n) is 11.6. The number of carbonyl (C=O) groups excluding carboxylic acids is 1. The Bertz CT molecular complexity index is 1120. The number of carbonyl (C=O) groups is 1. The van der Waals surface area contributed by atoms with Gasteiger partial charge in [0, 0.05) is 53.4 Å². The number of benzene rings is 1. The molecule has 1 amide bonds. The molecule has 1 N–H and O–H groups in total. The van der Waals surface area contributed by atoms with Crippen LogP contribution in [0.15, 0.2) is 40.9 Å². The average molecular weight is 516 g/mol. The Morgan fingerprint density at radius 2 is 1.85 bits per heavy atom. The van der Waals surface area contributed by atoms with Gasteiger partial charge in [0.15, 0.2) is 0 Å². The van der Waals surface area contributed by atoms with Gasteiger partial charge in [-0.05, 0) is 79.8 Å². The summed E-state index contributed by atoms with van der Waals surface area (Å²) in [6, 6.07) is 9.38. The van der Waals surface area contributed by atoms with Crippen molar-refractivity contribution in [1.29, 1.82) is 0 Å². The molecule has 2 aromatic rings. The highest BCUT2D eigenvalue weighted by Crippen LogP contribution is 2.56. The Balaban J connectivity index is 1.37. The van der Waals surface area contributed by atoms with Gasteiger partial charge in [-0.3, -0.25) is 4.79 Å². The van der Waals surface area contributed by atoms with E-state index in [1.54, 1.807) is 6.07 Å². The quantitative estimate of drug-likeness (QED) is 0.477. The first kappa shape index (κ1) is 22.5. The highest BCUT2D eigenvalue weighted by molar-refractivity contribution is 9.10. The SMILES string of the molecule is Cc1cc(NC(=O)c2ccc(Br)cc2C2=CCC3(CC2)CC3)cc(N2CCC(F)(F)CC2)n1. The summed E-state index contributed by atoms with van der Waals surface area (Å²) in [5.74, 6) is -2.16. The minimum absolute atomic E-state index is 0.174. The van der Waals surface area contributed by atoms with Crippen molar-refractivity contribution in [3.05, 3.63) is 57.7 Å². The van der Waals surface area contributed by atoms with Crippen molar-refractivity contribution < 1.29 is 13.6 Å². The lowest BCUT2D eigenvalue weighted by atomic mass is 9.83. The number of allylic oxidation sites excluding steroid dienone is 2. The van der Waals surface area contributed by atoms with Crippen LogP contribution in [0.25, 0.3) is 5.57 Å². The molecular formula is C26H28BrF2N3O. The van der Waals surface area contributed by atoms with E-state index in [2.05, 4.69) is 32.3 Å². The lowest BCUT2D eigenvalue weighted by Gasteiger charge is -2.32. The Morgan fingerprint density at radius 1 is 1.09 bits per heavy atom. The van der Waals surface area contributed by atoms with Crippen LogP contribution in [0.5, 0.6) is 0 Å². The third-order valence-electron chi connectivity index (χ3n) is 7.25. The normalized spacial score (nSPS) is 21.0. The smallest absolute Gasteiger partial charge is 0.256 e. The zero-order valence-electron chi connectivity index (χ0n) is 18.8. The van der Waals surface area contributed by atoms with Crippen LogP contribution >= 0.6 is 15.9 Å². The minimum Gasteiger partial charge on any atom is -0.356 e. The Labute approximate surface area is 201 Å². The molecule has 174 valence electrons. The van der Waals surface area contributed by atoms with Crippen LogP contribution in [0.4, 0.5) is 20.3 Å². The number of amides is 1. The molecule has 0 unspecified atom stereocenters. The molecule has 1 spiro atoms. The first-order chi connectivity index (χ1) is 15.7. The fourth-order valence-electron chi connectivity index (χ4n) is 4.95. The van der Waals surface area contributed by atoms with Crippen LogP contribution in [0.1, 0.15) is 66.6 Å². The number of nitrogens with one attached hydrogen (secondary N) is 1. The molecule has 1 aliphatic heterocycles. The van der Waals surface area contributed by atoms with Crippen molar-refractivity contribution in [3.8, 4) is 0 Å². The molecule has 1 saturated heterocycles. The van der Waals surface area contributed by atoms with Gasteiger partial charge in [0.1, 0.15) is 5.82 Å². The summed E-state index contributed by atoms with van der Waals surface area (Å²) in [5.41, 5.74) is 4.75. The van der Waals surface area contributed by atoms with Gasteiger partial charge in [0.25, 0.3) is 11.8 Å². The number of anilines is 2. The molecule has 5 rings (SSSR count). The minimum atomic E-state index is -2.61. The maximum Gasteiger partial charge on any atom is 0.256 e. The van der Waals surface area contributed by atoms with Crippen molar-refractivity contribution in [2.75, 3.05) is 23.3 Å². The fourth-order valence-corrected chi connectivity index (χ4v) is 5.31. The molecule has 4 nitrogen and oxygen atoms in total. The van der Waals surface area contributed by atoms with Crippen LogP contribution in [-0.4, -0.2) is 29.9 Å². The van der Waals surface area contributed by atoms with Crippen LogP contribution in [0.2, 0.25) is 0 Å². The Hall–Kier alpha value is -2.28. The molecule has 2 aliphatic carbocycles. The monoisotopic (exact) mass is 515 g/mol. The number of nitrogens with zero attached hydrogens (tertiary/aromatic N) is 2. The number of aromatic nitrogens is 1. The number of hydrogen-bond donors (Lipinski definition) is 1. The van der Waals surface area contributed by atoms with Crippen molar-refractivity contribution in [3.63, 3.8) is 0 Å². The molecule has 2 heterocycles. The van der Waals surface area contributed by atoms with Crippen LogP contribution in [0, 0.1) is 12.3 Å². The van der Waals surface area contributed by atoms with Gasteiger partial charge in [0.05, 0.1) is 0 Å². The molecule has 3 aliphatic rings. The second-order valence-corrected chi connectivity index (χ2v) is 10.7.